The van der Waals surface area contributed by atoms with Crippen LogP contribution in [0.15, 0.2) is 133 Å². The average molecular weight is 640 g/mol. The third-order valence-electron chi connectivity index (χ3n) is 11.0. The van der Waals surface area contributed by atoms with Crippen LogP contribution in [0.2, 0.25) is 0 Å². The normalized spacial score (nSPS) is 14.2. The van der Waals surface area contributed by atoms with Gasteiger partial charge in [-0.25, -0.2) is 0 Å². The van der Waals surface area contributed by atoms with Gasteiger partial charge in [0, 0.05) is 60.8 Å². The number of benzene rings is 7. The topological polar surface area (TPSA) is 46.8 Å². The van der Waals surface area contributed by atoms with Crippen LogP contribution in [0.5, 0.6) is 34.5 Å². The number of nitrogens with zero attached hydrogens (tertiary/aromatic N) is 2. The van der Waals surface area contributed by atoms with Crippen molar-refractivity contribution in [3.05, 3.63) is 133 Å². The minimum absolute atomic E-state index is 0.414. The molecular formula is C42H22B2N2O4. The number of para-hydroxylation sites is 4. The molecule has 0 saturated heterocycles. The van der Waals surface area contributed by atoms with Gasteiger partial charge in [0.25, 0.3) is 0 Å². The second-order valence-electron chi connectivity index (χ2n) is 13.5. The molecule has 50 heavy (non-hydrogen) atoms. The lowest BCUT2D eigenvalue weighted by Gasteiger charge is -2.31. The van der Waals surface area contributed by atoms with E-state index in [1.165, 1.54) is 10.8 Å². The summed E-state index contributed by atoms with van der Waals surface area (Å²) in [5.74, 6) is 4.67. The molecule has 0 N–H and O–H groups in total. The van der Waals surface area contributed by atoms with Crippen LogP contribution in [0.3, 0.4) is 0 Å². The van der Waals surface area contributed by atoms with Crippen molar-refractivity contribution in [1.29, 1.82) is 0 Å². The highest BCUT2D eigenvalue weighted by Gasteiger charge is 2.45. The Kier molecular flexibility index (Phi) is 4.45. The van der Waals surface area contributed by atoms with E-state index >= 15 is 0 Å². The molecule has 2 aromatic heterocycles. The maximum atomic E-state index is 7.13. The minimum Gasteiger partial charge on any atom is -0.550 e. The van der Waals surface area contributed by atoms with E-state index in [0.29, 0.717) is 0 Å². The largest absolute Gasteiger partial charge is 0.550 e. The fourth-order valence-electron chi connectivity index (χ4n) is 9.05. The molecule has 0 spiro atoms. The van der Waals surface area contributed by atoms with Gasteiger partial charge < -0.3 is 27.9 Å². The van der Waals surface area contributed by atoms with Gasteiger partial charge in [0.15, 0.2) is 0 Å². The van der Waals surface area contributed by atoms with Crippen molar-refractivity contribution in [1.82, 2.24) is 9.13 Å². The molecule has 8 heteroatoms. The van der Waals surface area contributed by atoms with Crippen LogP contribution in [0.1, 0.15) is 0 Å². The van der Waals surface area contributed by atoms with Crippen molar-refractivity contribution in [2.75, 3.05) is 0 Å². The van der Waals surface area contributed by atoms with Gasteiger partial charge in [-0.05, 0) is 48.5 Å². The van der Waals surface area contributed by atoms with E-state index in [1.54, 1.807) is 0 Å². The molecule has 0 unspecified atom stereocenters. The number of rotatable bonds is 0. The van der Waals surface area contributed by atoms with Crippen LogP contribution in [-0.2, 0) is 0 Å². The summed E-state index contributed by atoms with van der Waals surface area (Å²) in [4.78, 5) is 0. The number of fused-ring (bicyclic) bond motifs is 12. The summed E-state index contributed by atoms with van der Waals surface area (Å²) >= 11 is 0. The third kappa shape index (κ3) is 2.96. The monoisotopic (exact) mass is 640 g/mol. The molecule has 0 atom stereocenters. The Morgan fingerprint density at radius 3 is 1.34 bits per heavy atom. The summed E-state index contributed by atoms with van der Waals surface area (Å²) < 4.78 is 32.5. The first-order chi connectivity index (χ1) is 24.8. The van der Waals surface area contributed by atoms with E-state index in [0.717, 1.165) is 101 Å². The van der Waals surface area contributed by atoms with Gasteiger partial charge >= 0.3 is 13.8 Å². The molecule has 0 amide bonds. The zero-order valence-electron chi connectivity index (χ0n) is 26.4. The highest BCUT2D eigenvalue weighted by molar-refractivity contribution is 6.86. The van der Waals surface area contributed by atoms with Crippen LogP contribution >= 0.6 is 0 Å². The summed E-state index contributed by atoms with van der Waals surface area (Å²) in [5.41, 5.74) is 10.4. The number of ether oxygens (including phenoxy) is 2. The Hall–Kier alpha value is -6.53. The summed E-state index contributed by atoms with van der Waals surface area (Å²) in [5, 5.41) is 4.72. The first-order valence-electron chi connectivity index (χ1n) is 17.0. The SMILES string of the molecule is c1cc2c3c(c1)-n1c4ccccc4c4cccc(c41)OB3c1cc3c(cc1O2)Oc1cccc2c1B3Oc1cccc3c4ccccc4n-2c13. The van der Waals surface area contributed by atoms with E-state index in [9.17, 15) is 0 Å². The number of aromatic nitrogens is 2. The van der Waals surface area contributed by atoms with Gasteiger partial charge in [-0.2, -0.15) is 0 Å². The quantitative estimate of drug-likeness (QED) is 0.166. The van der Waals surface area contributed by atoms with Gasteiger partial charge in [0.2, 0.25) is 0 Å². The molecule has 4 aliphatic rings. The van der Waals surface area contributed by atoms with Crippen molar-refractivity contribution < 1.29 is 18.8 Å². The number of hydrogen-bond donors (Lipinski definition) is 0. The zero-order valence-corrected chi connectivity index (χ0v) is 26.4. The van der Waals surface area contributed by atoms with E-state index in [4.69, 9.17) is 18.8 Å². The van der Waals surface area contributed by atoms with Gasteiger partial charge in [-0.3, -0.25) is 0 Å². The second-order valence-corrected chi connectivity index (χ2v) is 13.5. The maximum Gasteiger partial charge on any atom is 0.436 e. The molecule has 0 aliphatic carbocycles. The molecule has 0 radical (unpaired) electrons. The Bertz CT molecular complexity index is 2830. The Morgan fingerprint density at radius 2 is 0.820 bits per heavy atom. The van der Waals surface area contributed by atoms with Gasteiger partial charge in [0.1, 0.15) is 34.5 Å². The van der Waals surface area contributed by atoms with Gasteiger partial charge in [0.05, 0.1) is 22.1 Å². The summed E-state index contributed by atoms with van der Waals surface area (Å²) in [6, 6.07) is 46.6. The Balaban J connectivity index is 1.06. The van der Waals surface area contributed by atoms with Crippen molar-refractivity contribution in [2.24, 2.45) is 0 Å². The predicted molar refractivity (Wildman–Crippen MR) is 199 cm³/mol. The van der Waals surface area contributed by atoms with Gasteiger partial charge in [-0.15, -0.1) is 0 Å². The molecule has 6 heterocycles. The summed E-state index contributed by atoms with van der Waals surface area (Å²) in [6.07, 6.45) is 0. The van der Waals surface area contributed by atoms with E-state index in [2.05, 4.69) is 124 Å². The zero-order chi connectivity index (χ0) is 32.2. The van der Waals surface area contributed by atoms with Crippen LogP contribution < -0.4 is 40.6 Å². The molecule has 7 aromatic carbocycles. The van der Waals surface area contributed by atoms with E-state index < -0.39 is 13.8 Å². The van der Waals surface area contributed by atoms with Crippen LogP contribution in [0.4, 0.5) is 0 Å². The highest BCUT2D eigenvalue weighted by Crippen LogP contribution is 2.44. The fourth-order valence-corrected chi connectivity index (χ4v) is 9.05. The lowest BCUT2D eigenvalue weighted by atomic mass is 9.48. The molecule has 4 aliphatic heterocycles. The van der Waals surface area contributed by atoms with Crippen molar-refractivity contribution in [2.45, 2.75) is 0 Å². The van der Waals surface area contributed by atoms with Crippen molar-refractivity contribution in [3.63, 3.8) is 0 Å². The van der Waals surface area contributed by atoms with E-state index in [1.807, 2.05) is 18.2 Å². The lowest BCUT2D eigenvalue weighted by molar-refractivity contribution is 0.460. The van der Waals surface area contributed by atoms with Crippen LogP contribution in [0, 0.1) is 0 Å². The first kappa shape index (κ1) is 25.5. The van der Waals surface area contributed by atoms with Crippen LogP contribution in [-0.4, -0.2) is 23.0 Å². The Labute approximate surface area is 285 Å². The maximum absolute atomic E-state index is 7.13. The highest BCUT2D eigenvalue weighted by atomic mass is 16.5. The second kappa shape index (κ2) is 8.73. The van der Waals surface area contributed by atoms with Crippen LogP contribution in [0.25, 0.3) is 55.0 Å². The Morgan fingerprint density at radius 1 is 0.380 bits per heavy atom. The standard InChI is InChI=1S/C42H22B2N2O4/c1-3-13-29-23(9-1)25-11-5-19-35-41(25)45(29)31-15-7-17-33-39(31)43(49-35)27-21-28-38(22-37(27)47-33)48-34-18-8-16-32-40(34)44(28)50-36-20-6-12-26-24-10-2-4-14-30(24)46(32)42(26)36/h1-22H. The van der Waals surface area contributed by atoms with Gasteiger partial charge in [-0.1, -0.05) is 78.9 Å². The van der Waals surface area contributed by atoms with E-state index in [-0.39, 0.29) is 0 Å². The smallest absolute Gasteiger partial charge is 0.436 e. The molecular weight excluding hydrogens is 618 g/mol. The first-order valence-corrected chi connectivity index (χ1v) is 17.0. The fraction of sp³-hybridized carbons (Fsp3) is 0. The average Bonchev–Trinajstić information content (AvgIpc) is 3.56. The molecule has 230 valence electrons. The molecule has 0 fully saturated rings. The molecule has 6 nitrogen and oxygen atoms in total. The summed E-state index contributed by atoms with van der Waals surface area (Å²) in [7, 11) is 0. The molecule has 13 rings (SSSR count). The molecule has 9 aromatic rings. The summed E-state index contributed by atoms with van der Waals surface area (Å²) in [6.45, 7) is -0.828. The van der Waals surface area contributed by atoms with Crippen molar-refractivity contribution >= 4 is 79.3 Å². The molecule has 0 saturated carbocycles. The predicted octanol–water partition coefficient (Wildman–Crippen LogP) is 7.09. The number of hydrogen-bond acceptors (Lipinski definition) is 4. The van der Waals surface area contributed by atoms with Crippen molar-refractivity contribution in [3.8, 4) is 45.9 Å². The minimum atomic E-state index is -0.414. The molecule has 0 bridgehead atoms. The lowest BCUT2D eigenvalue weighted by Crippen LogP contribution is -2.56. The third-order valence-corrected chi connectivity index (χ3v) is 11.0.